The number of nitrogens with one attached hydrogen (secondary N) is 3. The summed E-state index contributed by atoms with van der Waals surface area (Å²) in [4.78, 5) is 40.4. The number of hydrogen-bond acceptors (Lipinski definition) is 4. The summed E-state index contributed by atoms with van der Waals surface area (Å²) >= 11 is 30.9. The molecule has 3 amide bonds. The summed E-state index contributed by atoms with van der Waals surface area (Å²) in [5.41, 5.74) is -0.851. The molecule has 8 nitrogen and oxygen atoms in total. The fourth-order valence-corrected chi connectivity index (χ4v) is 5.51. The van der Waals surface area contributed by atoms with Gasteiger partial charge in [0, 0.05) is 21.7 Å². The van der Waals surface area contributed by atoms with Crippen LogP contribution in [-0.4, -0.2) is 32.3 Å². The topological polar surface area (TPSA) is 120 Å². The minimum absolute atomic E-state index is 0.101. The van der Waals surface area contributed by atoms with Gasteiger partial charge in [0.05, 0.1) is 22.1 Å². The van der Waals surface area contributed by atoms with Crippen molar-refractivity contribution in [2.75, 3.05) is 16.0 Å². The van der Waals surface area contributed by atoms with Crippen LogP contribution in [0.1, 0.15) is 27.4 Å². The van der Waals surface area contributed by atoms with Gasteiger partial charge in [-0.05, 0) is 54.1 Å². The molecule has 1 fully saturated rings. The van der Waals surface area contributed by atoms with Gasteiger partial charge in [-0.3, -0.25) is 14.9 Å². The average Bonchev–Trinajstić information content (AvgIpc) is 3.40. The van der Waals surface area contributed by atoms with E-state index in [1.807, 2.05) is 0 Å². The first kappa shape index (κ1) is 30.0. The average molecular weight is 657 g/mol. The molecule has 1 aromatic heterocycles. The highest BCUT2D eigenvalue weighted by molar-refractivity contribution is 6.53. The van der Waals surface area contributed by atoms with Crippen molar-refractivity contribution < 1.29 is 32.7 Å². The van der Waals surface area contributed by atoms with Crippen LogP contribution < -0.4 is 16.0 Å². The Morgan fingerprint density at radius 2 is 1.48 bits per heavy atom. The van der Waals surface area contributed by atoms with E-state index in [0.717, 1.165) is 0 Å². The number of aromatic nitrogens is 1. The van der Waals surface area contributed by atoms with Crippen LogP contribution in [0.2, 0.25) is 15.1 Å². The number of amides is 3. The van der Waals surface area contributed by atoms with E-state index in [-0.39, 0.29) is 16.3 Å². The first-order valence-corrected chi connectivity index (χ1v) is 12.8. The van der Waals surface area contributed by atoms with E-state index < -0.39 is 57.5 Å². The van der Waals surface area contributed by atoms with Crippen LogP contribution in [0.5, 0.6) is 0 Å². The Balaban J connectivity index is 1.54. The highest BCUT2D eigenvalue weighted by Crippen LogP contribution is 2.65. The van der Waals surface area contributed by atoms with Crippen molar-refractivity contribution in [2.24, 2.45) is 5.92 Å². The summed E-state index contributed by atoms with van der Waals surface area (Å²) in [6.07, 6.45) is -6.53. The van der Waals surface area contributed by atoms with Crippen LogP contribution in [0.4, 0.5) is 35.3 Å². The van der Waals surface area contributed by atoms with Gasteiger partial charge in [-0.2, -0.15) is 13.2 Å². The van der Waals surface area contributed by atoms with Gasteiger partial charge in [0.25, 0.3) is 5.91 Å². The molecule has 0 bridgehead atoms. The highest BCUT2D eigenvalue weighted by atomic mass is 35.5. The third kappa shape index (κ3) is 6.67. The lowest BCUT2D eigenvalue weighted by molar-refractivity contribution is -0.137. The standard InChI is InChI=1S/C24H14Cl5F3N4O4/c25-11-3-9(4-12(26)7-11)18-19(23(18,28)29)21(38)33-13-1-2-15(27)14(8-13)20(37)35-16-5-10(24(30,31)32)6-17(34-16)36-22(39)40/h1-8,18-19H,(H,33,38)(H,39,40)(H2,34,35,36,37). The number of carboxylic acid groups (broad SMARTS) is 1. The summed E-state index contributed by atoms with van der Waals surface area (Å²) in [6.45, 7) is 0. The Morgan fingerprint density at radius 1 is 0.875 bits per heavy atom. The molecule has 40 heavy (non-hydrogen) atoms. The van der Waals surface area contributed by atoms with E-state index in [2.05, 4.69) is 15.6 Å². The maximum Gasteiger partial charge on any atom is 0.416 e. The molecule has 4 rings (SSSR count). The molecule has 2 unspecified atom stereocenters. The Hall–Kier alpha value is -2.96. The predicted molar refractivity (Wildman–Crippen MR) is 146 cm³/mol. The van der Waals surface area contributed by atoms with Crippen LogP contribution in [0, 0.1) is 5.92 Å². The lowest BCUT2D eigenvalue weighted by Gasteiger charge is -2.13. The molecule has 210 valence electrons. The van der Waals surface area contributed by atoms with E-state index in [1.165, 1.54) is 24.3 Å². The number of rotatable bonds is 6. The predicted octanol–water partition coefficient (Wildman–Crippen LogP) is 7.93. The van der Waals surface area contributed by atoms with E-state index in [0.29, 0.717) is 27.7 Å². The number of nitrogens with zero attached hydrogens (tertiary/aromatic N) is 1. The van der Waals surface area contributed by atoms with Gasteiger partial charge < -0.3 is 15.7 Å². The molecular weight excluding hydrogens is 643 g/mol. The van der Waals surface area contributed by atoms with Crippen LogP contribution in [0.15, 0.2) is 48.5 Å². The minimum atomic E-state index is -4.86. The number of benzene rings is 2. The van der Waals surface area contributed by atoms with Crippen LogP contribution >= 0.6 is 58.0 Å². The molecule has 3 aromatic rings. The third-order valence-electron chi connectivity index (χ3n) is 5.69. The fraction of sp³-hybridized carbons (Fsp3) is 0.167. The number of anilines is 3. The molecule has 2 aromatic carbocycles. The van der Waals surface area contributed by atoms with Gasteiger partial charge in [0.2, 0.25) is 5.91 Å². The highest BCUT2D eigenvalue weighted by Gasteiger charge is 2.67. The molecule has 2 atom stereocenters. The Bertz CT molecular complexity index is 1520. The zero-order valence-electron chi connectivity index (χ0n) is 19.4. The lowest BCUT2D eigenvalue weighted by atomic mass is 10.1. The second kappa shape index (κ2) is 11.1. The molecule has 1 aliphatic carbocycles. The van der Waals surface area contributed by atoms with Crippen molar-refractivity contribution in [1.82, 2.24) is 4.98 Å². The molecule has 4 N–H and O–H groups in total. The van der Waals surface area contributed by atoms with Gasteiger partial charge in [0.15, 0.2) is 0 Å². The second-order valence-electron chi connectivity index (χ2n) is 8.52. The van der Waals surface area contributed by atoms with Crippen molar-refractivity contribution in [3.63, 3.8) is 0 Å². The molecule has 0 saturated heterocycles. The van der Waals surface area contributed by atoms with Crippen molar-refractivity contribution in [2.45, 2.75) is 16.4 Å². The third-order valence-corrected chi connectivity index (χ3v) is 7.39. The molecule has 16 heteroatoms. The van der Waals surface area contributed by atoms with E-state index in [9.17, 15) is 27.6 Å². The van der Waals surface area contributed by atoms with Crippen LogP contribution in [-0.2, 0) is 11.0 Å². The van der Waals surface area contributed by atoms with Gasteiger partial charge in [-0.25, -0.2) is 9.78 Å². The molecule has 1 heterocycles. The summed E-state index contributed by atoms with van der Waals surface area (Å²) < 4.78 is 38.4. The summed E-state index contributed by atoms with van der Waals surface area (Å²) in [5.74, 6) is -4.41. The van der Waals surface area contributed by atoms with Gasteiger partial charge in [-0.15, -0.1) is 23.2 Å². The van der Waals surface area contributed by atoms with Gasteiger partial charge in [0.1, 0.15) is 16.0 Å². The van der Waals surface area contributed by atoms with Crippen molar-refractivity contribution in [3.8, 4) is 0 Å². The maximum atomic E-state index is 13.3. The fourth-order valence-electron chi connectivity index (χ4n) is 3.93. The van der Waals surface area contributed by atoms with Crippen molar-refractivity contribution in [1.29, 1.82) is 0 Å². The molecule has 0 radical (unpaired) electrons. The molecule has 1 saturated carbocycles. The van der Waals surface area contributed by atoms with E-state index in [4.69, 9.17) is 63.1 Å². The normalized spacial score (nSPS) is 17.6. The smallest absolute Gasteiger partial charge is 0.416 e. The SMILES string of the molecule is O=C(O)Nc1cc(C(F)(F)F)cc(NC(=O)c2cc(NC(=O)C3C(c4cc(Cl)cc(Cl)c4)C3(Cl)Cl)ccc2Cl)n1. The monoisotopic (exact) mass is 654 g/mol. The number of carbonyl (C=O) groups is 3. The zero-order valence-corrected chi connectivity index (χ0v) is 23.2. The van der Waals surface area contributed by atoms with Gasteiger partial charge >= 0.3 is 12.3 Å². The number of alkyl halides is 5. The number of carbonyl (C=O) groups excluding carboxylic acids is 2. The number of hydrogen-bond donors (Lipinski definition) is 4. The maximum absolute atomic E-state index is 13.3. The zero-order chi connectivity index (χ0) is 29.6. The summed E-state index contributed by atoms with van der Waals surface area (Å²) in [7, 11) is 0. The number of pyridine rings is 1. The molecule has 0 aliphatic heterocycles. The lowest BCUT2D eigenvalue weighted by Crippen LogP contribution is -2.19. The minimum Gasteiger partial charge on any atom is -0.465 e. The Labute approximate surface area is 248 Å². The summed E-state index contributed by atoms with van der Waals surface area (Å²) in [5, 5.41) is 15.8. The first-order chi connectivity index (χ1) is 18.6. The Morgan fingerprint density at radius 3 is 2.05 bits per heavy atom. The largest absolute Gasteiger partial charge is 0.465 e. The van der Waals surface area contributed by atoms with Gasteiger partial charge in [-0.1, -0.05) is 34.8 Å². The van der Waals surface area contributed by atoms with E-state index >= 15 is 0 Å². The van der Waals surface area contributed by atoms with Crippen LogP contribution in [0.25, 0.3) is 0 Å². The van der Waals surface area contributed by atoms with Crippen LogP contribution in [0.3, 0.4) is 0 Å². The first-order valence-electron chi connectivity index (χ1n) is 10.9. The second-order valence-corrected chi connectivity index (χ2v) is 11.2. The summed E-state index contributed by atoms with van der Waals surface area (Å²) in [6, 6.07) is 9.47. The van der Waals surface area contributed by atoms with E-state index in [1.54, 1.807) is 17.4 Å². The molecule has 1 aliphatic rings. The van der Waals surface area contributed by atoms with Crippen molar-refractivity contribution >= 4 is 93.2 Å². The molecular formula is C24H14Cl5F3N4O4. The van der Waals surface area contributed by atoms with Crippen molar-refractivity contribution in [3.05, 3.63) is 80.3 Å². The number of halogens is 8. The quantitative estimate of drug-likeness (QED) is 0.201. The Kier molecular flexibility index (Phi) is 8.35. The molecule has 0 spiro atoms.